The minimum atomic E-state index is -0.668. The molecule has 2 aromatic carbocycles. The van der Waals surface area contributed by atoms with E-state index in [9.17, 15) is 9.59 Å². The van der Waals surface area contributed by atoms with Crippen molar-refractivity contribution in [3.63, 3.8) is 0 Å². The van der Waals surface area contributed by atoms with Crippen molar-refractivity contribution in [2.45, 2.75) is 37.5 Å². The van der Waals surface area contributed by atoms with Gasteiger partial charge in [-0.2, -0.15) is 0 Å². The van der Waals surface area contributed by atoms with Crippen molar-refractivity contribution < 1.29 is 14.3 Å². The lowest BCUT2D eigenvalue weighted by Crippen LogP contribution is -2.45. The quantitative estimate of drug-likeness (QED) is 0.642. The third-order valence-electron chi connectivity index (χ3n) is 5.07. The van der Waals surface area contributed by atoms with Gasteiger partial charge in [0.15, 0.2) is 0 Å². The first-order chi connectivity index (χ1) is 11.6. The standard InChI is InChI=1S/C20H19NO3/c1-14(21-17(22)12-13-18(21)23)20(16-10-6-3-7-11-16)19(24-20)15-8-4-2-5-9-15/h2-11,14,19H,12-13H2,1H3. The molecule has 0 bridgehead atoms. The van der Waals surface area contributed by atoms with Crippen LogP contribution in [0.2, 0.25) is 0 Å². The number of benzene rings is 2. The Labute approximate surface area is 141 Å². The van der Waals surface area contributed by atoms with Crippen LogP contribution in [0.4, 0.5) is 0 Å². The summed E-state index contributed by atoms with van der Waals surface area (Å²) in [5.74, 6) is -0.213. The molecule has 24 heavy (non-hydrogen) atoms. The van der Waals surface area contributed by atoms with E-state index in [-0.39, 0.29) is 24.0 Å². The Hall–Kier alpha value is -2.46. The number of epoxide rings is 1. The minimum absolute atomic E-state index is 0.106. The van der Waals surface area contributed by atoms with Crippen LogP contribution in [0.3, 0.4) is 0 Å². The molecule has 2 aliphatic heterocycles. The molecule has 4 heteroatoms. The van der Waals surface area contributed by atoms with Gasteiger partial charge in [0.2, 0.25) is 11.8 Å². The maximum absolute atomic E-state index is 12.2. The highest BCUT2D eigenvalue weighted by Crippen LogP contribution is 2.60. The second-order valence-corrected chi connectivity index (χ2v) is 6.40. The number of ether oxygens (including phenoxy) is 1. The number of likely N-dealkylation sites (tertiary alicyclic amines) is 1. The highest BCUT2D eigenvalue weighted by Gasteiger charge is 2.64. The number of hydrogen-bond donors (Lipinski definition) is 0. The third-order valence-corrected chi connectivity index (χ3v) is 5.07. The molecule has 3 atom stereocenters. The molecule has 0 saturated carbocycles. The lowest BCUT2D eigenvalue weighted by atomic mass is 9.85. The summed E-state index contributed by atoms with van der Waals surface area (Å²) in [5.41, 5.74) is 1.39. The van der Waals surface area contributed by atoms with Gasteiger partial charge in [-0.25, -0.2) is 0 Å². The van der Waals surface area contributed by atoms with Crippen LogP contribution in [0.25, 0.3) is 0 Å². The molecule has 0 spiro atoms. The van der Waals surface area contributed by atoms with Crippen LogP contribution in [-0.2, 0) is 19.9 Å². The van der Waals surface area contributed by atoms with E-state index in [1.54, 1.807) is 0 Å². The van der Waals surface area contributed by atoms with Gasteiger partial charge in [0.1, 0.15) is 11.7 Å². The number of amides is 2. The first-order valence-corrected chi connectivity index (χ1v) is 8.28. The Balaban J connectivity index is 1.76. The van der Waals surface area contributed by atoms with Crippen molar-refractivity contribution in [2.75, 3.05) is 0 Å². The maximum Gasteiger partial charge on any atom is 0.230 e. The summed E-state index contributed by atoms with van der Waals surface area (Å²) < 4.78 is 6.20. The highest BCUT2D eigenvalue weighted by atomic mass is 16.6. The van der Waals surface area contributed by atoms with E-state index in [0.717, 1.165) is 11.1 Å². The van der Waals surface area contributed by atoms with Gasteiger partial charge in [-0.15, -0.1) is 0 Å². The van der Waals surface area contributed by atoms with Gasteiger partial charge in [0.25, 0.3) is 0 Å². The van der Waals surface area contributed by atoms with Crippen molar-refractivity contribution >= 4 is 11.8 Å². The first-order valence-electron chi connectivity index (χ1n) is 8.28. The zero-order chi connectivity index (χ0) is 16.7. The fourth-order valence-corrected chi connectivity index (χ4v) is 3.80. The van der Waals surface area contributed by atoms with Crippen LogP contribution < -0.4 is 0 Å². The van der Waals surface area contributed by atoms with Gasteiger partial charge in [-0.3, -0.25) is 14.5 Å². The van der Waals surface area contributed by atoms with Gasteiger partial charge in [-0.05, 0) is 18.1 Å². The van der Waals surface area contributed by atoms with E-state index in [1.807, 2.05) is 67.6 Å². The molecule has 0 aromatic heterocycles. The Morgan fingerprint density at radius 2 is 1.50 bits per heavy atom. The van der Waals surface area contributed by atoms with Gasteiger partial charge in [0.05, 0.1) is 6.04 Å². The minimum Gasteiger partial charge on any atom is -0.354 e. The maximum atomic E-state index is 12.2. The molecular formula is C20H19NO3. The smallest absolute Gasteiger partial charge is 0.230 e. The fraction of sp³-hybridized carbons (Fsp3) is 0.300. The van der Waals surface area contributed by atoms with Crippen molar-refractivity contribution in [3.8, 4) is 0 Å². The topological polar surface area (TPSA) is 49.9 Å². The van der Waals surface area contributed by atoms with E-state index in [4.69, 9.17) is 4.74 Å². The predicted octanol–water partition coefficient (Wildman–Crippen LogP) is 3.19. The van der Waals surface area contributed by atoms with Crippen LogP contribution >= 0.6 is 0 Å². The molecule has 2 heterocycles. The number of rotatable bonds is 4. The molecule has 2 fully saturated rings. The van der Waals surface area contributed by atoms with Gasteiger partial charge in [0, 0.05) is 12.8 Å². The van der Waals surface area contributed by atoms with Crippen LogP contribution in [0.15, 0.2) is 60.7 Å². The molecule has 4 nitrogen and oxygen atoms in total. The summed E-state index contributed by atoms with van der Waals surface area (Å²) in [6, 6.07) is 19.5. The van der Waals surface area contributed by atoms with Crippen LogP contribution in [0.1, 0.15) is 37.0 Å². The van der Waals surface area contributed by atoms with Gasteiger partial charge >= 0.3 is 0 Å². The fourth-order valence-electron chi connectivity index (χ4n) is 3.80. The van der Waals surface area contributed by atoms with Crippen molar-refractivity contribution in [2.24, 2.45) is 0 Å². The summed E-state index contributed by atoms with van der Waals surface area (Å²) in [6.07, 6.45) is 0.436. The van der Waals surface area contributed by atoms with E-state index in [2.05, 4.69) is 0 Å². The molecule has 122 valence electrons. The summed E-state index contributed by atoms with van der Waals surface area (Å²) in [7, 11) is 0. The number of carbonyl (C=O) groups excluding carboxylic acids is 2. The van der Waals surface area contributed by atoms with Gasteiger partial charge < -0.3 is 4.74 Å². The third kappa shape index (κ3) is 2.18. The van der Waals surface area contributed by atoms with E-state index in [1.165, 1.54) is 4.90 Å². The molecule has 2 aromatic rings. The molecule has 0 aliphatic carbocycles. The molecule has 0 N–H and O–H groups in total. The summed E-state index contributed by atoms with van der Waals surface area (Å²) in [6.45, 7) is 1.91. The Kier molecular flexibility index (Phi) is 3.50. The first kappa shape index (κ1) is 15.1. The molecule has 2 aliphatic rings. The molecule has 3 unspecified atom stereocenters. The van der Waals surface area contributed by atoms with E-state index >= 15 is 0 Å². The number of imide groups is 1. The van der Waals surface area contributed by atoms with Crippen LogP contribution in [0.5, 0.6) is 0 Å². The predicted molar refractivity (Wildman–Crippen MR) is 88.9 cm³/mol. The summed E-state index contributed by atoms with van der Waals surface area (Å²) in [4.78, 5) is 25.8. The van der Waals surface area contributed by atoms with Crippen molar-refractivity contribution in [1.29, 1.82) is 0 Å². The molecule has 2 saturated heterocycles. The molecular weight excluding hydrogens is 302 g/mol. The zero-order valence-electron chi connectivity index (χ0n) is 13.5. The summed E-state index contributed by atoms with van der Waals surface area (Å²) in [5, 5.41) is 0. The monoisotopic (exact) mass is 321 g/mol. The van der Waals surface area contributed by atoms with Crippen molar-refractivity contribution in [3.05, 3.63) is 71.8 Å². The average molecular weight is 321 g/mol. The second kappa shape index (κ2) is 5.56. The average Bonchev–Trinajstić information content (AvgIpc) is 3.30. The zero-order valence-corrected chi connectivity index (χ0v) is 13.5. The normalized spacial score (nSPS) is 27.4. The Bertz CT molecular complexity index is 758. The second-order valence-electron chi connectivity index (χ2n) is 6.40. The molecule has 4 rings (SSSR count). The van der Waals surface area contributed by atoms with Crippen LogP contribution in [0, 0.1) is 0 Å². The van der Waals surface area contributed by atoms with Crippen molar-refractivity contribution in [1.82, 2.24) is 4.90 Å². The Morgan fingerprint density at radius 3 is 2.08 bits per heavy atom. The SMILES string of the molecule is CC(N1C(=O)CCC1=O)C1(c2ccccc2)OC1c1ccccc1. The largest absolute Gasteiger partial charge is 0.354 e. The molecule has 0 radical (unpaired) electrons. The number of hydrogen-bond acceptors (Lipinski definition) is 3. The van der Waals surface area contributed by atoms with Gasteiger partial charge in [-0.1, -0.05) is 60.7 Å². The van der Waals surface area contributed by atoms with E-state index < -0.39 is 5.60 Å². The number of nitrogens with zero attached hydrogens (tertiary/aromatic N) is 1. The lowest BCUT2D eigenvalue weighted by Gasteiger charge is -2.29. The van der Waals surface area contributed by atoms with E-state index in [0.29, 0.717) is 12.8 Å². The highest BCUT2D eigenvalue weighted by molar-refractivity contribution is 6.02. The summed E-state index contributed by atoms with van der Waals surface area (Å²) >= 11 is 0. The lowest BCUT2D eigenvalue weighted by molar-refractivity contribution is -0.142. The molecule has 2 amide bonds. The number of carbonyl (C=O) groups is 2. The Morgan fingerprint density at radius 1 is 0.958 bits per heavy atom. The van der Waals surface area contributed by atoms with Crippen LogP contribution in [-0.4, -0.2) is 22.8 Å².